The highest BCUT2D eigenvalue weighted by atomic mass is 15.1. The van der Waals surface area contributed by atoms with Gasteiger partial charge in [-0.25, -0.2) is 4.98 Å². The van der Waals surface area contributed by atoms with Crippen LogP contribution in [0.2, 0.25) is 0 Å². The number of para-hydroxylation sites is 1. The Hall–Kier alpha value is -2.16. The molecule has 0 bridgehead atoms. The van der Waals surface area contributed by atoms with E-state index in [1.54, 1.807) is 0 Å². The van der Waals surface area contributed by atoms with Crippen molar-refractivity contribution in [3.8, 4) is 0 Å². The molecule has 3 aromatic rings. The minimum Gasteiger partial charge on any atom is -0.330 e. The Kier molecular flexibility index (Phi) is 3.03. The molecule has 1 aromatic carbocycles. The SMILES string of the molecule is CC(C)c1nccn1Cc1cnc2ccccc2c1. The normalized spacial score (nSPS) is 11.3. The summed E-state index contributed by atoms with van der Waals surface area (Å²) >= 11 is 0. The highest BCUT2D eigenvalue weighted by Gasteiger charge is 2.07. The molecular weight excluding hydrogens is 234 g/mol. The first-order valence-electron chi connectivity index (χ1n) is 6.59. The Morgan fingerprint density at radius 2 is 2.00 bits per heavy atom. The topological polar surface area (TPSA) is 30.7 Å². The number of hydrogen-bond donors (Lipinski definition) is 0. The molecule has 2 aromatic heterocycles. The lowest BCUT2D eigenvalue weighted by molar-refractivity contribution is 0.669. The molecule has 0 atom stereocenters. The molecule has 0 saturated carbocycles. The number of fused-ring (bicyclic) bond motifs is 1. The number of pyridine rings is 1. The van der Waals surface area contributed by atoms with Crippen LogP contribution in [0.25, 0.3) is 10.9 Å². The Labute approximate surface area is 112 Å². The third-order valence-electron chi connectivity index (χ3n) is 3.26. The lowest BCUT2D eigenvalue weighted by Gasteiger charge is -2.10. The maximum absolute atomic E-state index is 4.50. The van der Waals surface area contributed by atoms with Crippen LogP contribution >= 0.6 is 0 Å². The lowest BCUT2D eigenvalue weighted by Crippen LogP contribution is -2.06. The van der Waals surface area contributed by atoms with Crippen molar-refractivity contribution in [3.63, 3.8) is 0 Å². The summed E-state index contributed by atoms with van der Waals surface area (Å²) in [6.07, 6.45) is 5.85. The monoisotopic (exact) mass is 251 g/mol. The molecule has 0 amide bonds. The third-order valence-corrected chi connectivity index (χ3v) is 3.26. The van der Waals surface area contributed by atoms with Crippen LogP contribution in [0.3, 0.4) is 0 Å². The van der Waals surface area contributed by atoms with Gasteiger partial charge in [0.25, 0.3) is 0 Å². The number of rotatable bonds is 3. The van der Waals surface area contributed by atoms with Gasteiger partial charge in [0.2, 0.25) is 0 Å². The summed E-state index contributed by atoms with van der Waals surface area (Å²) in [4.78, 5) is 8.92. The fraction of sp³-hybridized carbons (Fsp3) is 0.250. The molecule has 3 heteroatoms. The summed E-state index contributed by atoms with van der Waals surface area (Å²) < 4.78 is 2.19. The fourth-order valence-corrected chi connectivity index (χ4v) is 2.35. The van der Waals surface area contributed by atoms with Crippen molar-refractivity contribution >= 4 is 10.9 Å². The van der Waals surface area contributed by atoms with Gasteiger partial charge in [0.1, 0.15) is 5.82 Å². The largest absolute Gasteiger partial charge is 0.330 e. The number of aromatic nitrogens is 3. The number of benzene rings is 1. The van der Waals surface area contributed by atoms with Gasteiger partial charge in [-0.2, -0.15) is 0 Å². The van der Waals surface area contributed by atoms with Crippen molar-refractivity contribution in [3.05, 3.63) is 60.3 Å². The zero-order chi connectivity index (χ0) is 13.2. The van der Waals surface area contributed by atoms with Gasteiger partial charge in [-0.1, -0.05) is 32.0 Å². The van der Waals surface area contributed by atoms with E-state index in [-0.39, 0.29) is 0 Å². The predicted molar refractivity (Wildman–Crippen MR) is 77.2 cm³/mol. The summed E-state index contributed by atoms with van der Waals surface area (Å²) in [7, 11) is 0. The highest BCUT2D eigenvalue weighted by molar-refractivity contribution is 5.78. The summed E-state index contributed by atoms with van der Waals surface area (Å²) in [5, 5.41) is 1.19. The third kappa shape index (κ3) is 2.36. The van der Waals surface area contributed by atoms with Gasteiger partial charge in [-0.3, -0.25) is 4.98 Å². The van der Waals surface area contributed by atoms with Crippen LogP contribution in [0.4, 0.5) is 0 Å². The second-order valence-electron chi connectivity index (χ2n) is 5.10. The van der Waals surface area contributed by atoms with Crippen LogP contribution in [-0.4, -0.2) is 14.5 Å². The minimum absolute atomic E-state index is 0.434. The van der Waals surface area contributed by atoms with E-state index in [2.05, 4.69) is 40.5 Å². The molecule has 0 spiro atoms. The van der Waals surface area contributed by atoms with Gasteiger partial charge < -0.3 is 4.57 Å². The van der Waals surface area contributed by atoms with Crippen LogP contribution in [0, 0.1) is 0 Å². The molecule has 19 heavy (non-hydrogen) atoms. The van der Waals surface area contributed by atoms with E-state index in [0.29, 0.717) is 5.92 Å². The van der Waals surface area contributed by atoms with Crippen LogP contribution in [0.15, 0.2) is 48.9 Å². The molecule has 2 heterocycles. The van der Waals surface area contributed by atoms with Crippen molar-refractivity contribution in [1.82, 2.24) is 14.5 Å². The van der Waals surface area contributed by atoms with Crippen molar-refractivity contribution in [2.45, 2.75) is 26.3 Å². The van der Waals surface area contributed by atoms with Crippen LogP contribution in [0.1, 0.15) is 31.2 Å². The van der Waals surface area contributed by atoms with E-state index in [9.17, 15) is 0 Å². The molecule has 0 radical (unpaired) electrons. The first-order valence-corrected chi connectivity index (χ1v) is 6.59. The van der Waals surface area contributed by atoms with Gasteiger partial charge >= 0.3 is 0 Å². The van der Waals surface area contributed by atoms with Gasteiger partial charge in [0.05, 0.1) is 12.1 Å². The van der Waals surface area contributed by atoms with Crippen molar-refractivity contribution in [2.24, 2.45) is 0 Å². The average Bonchev–Trinajstić information content (AvgIpc) is 2.87. The predicted octanol–water partition coefficient (Wildman–Crippen LogP) is 3.60. The van der Waals surface area contributed by atoms with Crippen molar-refractivity contribution in [2.75, 3.05) is 0 Å². The van der Waals surface area contributed by atoms with E-state index in [4.69, 9.17) is 0 Å². The Bertz CT molecular complexity index is 698. The standard InChI is InChI=1S/C16H17N3/c1-12(2)16-17-7-8-19(16)11-13-9-14-5-3-4-6-15(14)18-10-13/h3-10,12H,11H2,1-2H3. The first kappa shape index (κ1) is 11.9. The highest BCUT2D eigenvalue weighted by Crippen LogP contribution is 2.16. The second-order valence-corrected chi connectivity index (χ2v) is 5.10. The lowest BCUT2D eigenvalue weighted by atomic mass is 10.1. The smallest absolute Gasteiger partial charge is 0.111 e. The van der Waals surface area contributed by atoms with Gasteiger partial charge in [-0.15, -0.1) is 0 Å². The minimum atomic E-state index is 0.434. The Morgan fingerprint density at radius 3 is 2.84 bits per heavy atom. The summed E-state index contributed by atoms with van der Waals surface area (Å²) in [5.41, 5.74) is 2.25. The molecular formula is C16H17N3. The van der Waals surface area contributed by atoms with E-state index in [1.807, 2.05) is 36.8 Å². The van der Waals surface area contributed by atoms with E-state index in [0.717, 1.165) is 17.9 Å². The second kappa shape index (κ2) is 4.84. The zero-order valence-electron chi connectivity index (χ0n) is 11.2. The molecule has 0 aliphatic rings. The number of imidazole rings is 1. The van der Waals surface area contributed by atoms with E-state index in [1.165, 1.54) is 10.9 Å². The number of hydrogen-bond acceptors (Lipinski definition) is 2. The molecule has 0 aliphatic carbocycles. The molecule has 0 aliphatic heterocycles. The molecule has 96 valence electrons. The van der Waals surface area contributed by atoms with Gasteiger partial charge in [0.15, 0.2) is 0 Å². The van der Waals surface area contributed by atoms with Gasteiger partial charge in [-0.05, 0) is 17.7 Å². The molecule has 0 saturated heterocycles. The maximum Gasteiger partial charge on any atom is 0.111 e. The molecule has 3 rings (SSSR count). The molecule has 0 N–H and O–H groups in total. The summed E-state index contributed by atoms with van der Waals surface area (Å²) in [6.45, 7) is 5.15. The summed E-state index contributed by atoms with van der Waals surface area (Å²) in [5.74, 6) is 1.55. The number of nitrogens with zero attached hydrogens (tertiary/aromatic N) is 3. The molecule has 3 nitrogen and oxygen atoms in total. The zero-order valence-corrected chi connectivity index (χ0v) is 11.2. The first-order chi connectivity index (χ1) is 9.24. The van der Waals surface area contributed by atoms with Crippen molar-refractivity contribution < 1.29 is 0 Å². The quantitative estimate of drug-likeness (QED) is 0.712. The van der Waals surface area contributed by atoms with E-state index < -0.39 is 0 Å². The van der Waals surface area contributed by atoms with Crippen molar-refractivity contribution in [1.29, 1.82) is 0 Å². The average molecular weight is 251 g/mol. The Morgan fingerprint density at radius 1 is 1.16 bits per heavy atom. The van der Waals surface area contributed by atoms with Crippen LogP contribution in [-0.2, 0) is 6.54 Å². The van der Waals surface area contributed by atoms with Gasteiger partial charge in [0, 0.05) is 29.9 Å². The Balaban J connectivity index is 1.94. The molecule has 0 fully saturated rings. The molecule has 0 unspecified atom stereocenters. The van der Waals surface area contributed by atoms with Crippen LogP contribution in [0.5, 0.6) is 0 Å². The maximum atomic E-state index is 4.50. The summed E-state index contributed by atoms with van der Waals surface area (Å²) in [6, 6.07) is 10.4. The van der Waals surface area contributed by atoms with Crippen LogP contribution < -0.4 is 0 Å². The van der Waals surface area contributed by atoms with E-state index >= 15 is 0 Å². The fourth-order valence-electron chi connectivity index (χ4n) is 2.35.